The Bertz CT molecular complexity index is 569. The molecule has 0 aliphatic heterocycles. The minimum absolute atomic E-state index is 0.00873. The number of aromatic nitrogens is 1. The highest BCUT2D eigenvalue weighted by molar-refractivity contribution is 6.73. The lowest BCUT2D eigenvalue weighted by molar-refractivity contribution is 0.0397. The van der Waals surface area contributed by atoms with Gasteiger partial charge in [0, 0.05) is 12.4 Å². The summed E-state index contributed by atoms with van der Waals surface area (Å²) in [6.07, 6.45) is 11.2. The number of nitrogens with zero attached hydrogens (tertiary/aromatic N) is 1. The third-order valence-corrected chi connectivity index (χ3v) is 11.1. The standard InChI is InChI=1S/C23H41NO2Si/c1-7-21(22-16-20(19-25)17-24-18-22)14-13-15-23(8-2,9-3)26-27(10-4,11-5)12-6/h14,16-18,25H,7-13,15,19H2,1-6H3/b21-14+. The zero-order chi connectivity index (χ0) is 20.3. The van der Waals surface area contributed by atoms with E-state index >= 15 is 0 Å². The predicted octanol–water partition coefficient (Wildman–Crippen LogP) is 6.73. The number of hydrogen-bond acceptors (Lipinski definition) is 3. The van der Waals surface area contributed by atoms with Crippen molar-refractivity contribution in [2.45, 2.75) is 104 Å². The highest BCUT2D eigenvalue weighted by Gasteiger charge is 2.38. The van der Waals surface area contributed by atoms with Gasteiger partial charge in [-0.2, -0.15) is 0 Å². The Morgan fingerprint density at radius 1 is 1.07 bits per heavy atom. The van der Waals surface area contributed by atoms with E-state index in [9.17, 15) is 5.11 Å². The van der Waals surface area contributed by atoms with Gasteiger partial charge in [-0.05, 0) is 73.0 Å². The quantitative estimate of drug-likeness (QED) is 0.379. The minimum atomic E-state index is -1.62. The lowest BCUT2D eigenvalue weighted by Crippen LogP contribution is -2.46. The summed E-state index contributed by atoms with van der Waals surface area (Å²) in [5.41, 5.74) is 3.32. The van der Waals surface area contributed by atoms with Crippen molar-refractivity contribution >= 4 is 13.9 Å². The van der Waals surface area contributed by atoms with Crippen LogP contribution in [0.25, 0.3) is 5.57 Å². The normalized spacial score (nSPS) is 13.2. The average molecular weight is 392 g/mol. The SMILES string of the molecule is CC/C(=C\CCC(CC)(CC)O[Si](CC)(CC)CC)c1cncc(CO)c1. The molecule has 0 amide bonds. The van der Waals surface area contributed by atoms with Gasteiger partial charge in [0.1, 0.15) is 0 Å². The second-order valence-corrected chi connectivity index (χ2v) is 12.3. The van der Waals surface area contributed by atoms with E-state index in [1.165, 1.54) is 23.7 Å². The monoisotopic (exact) mass is 391 g/mol. The van der Waals surface area contributed by atoms with Gasteiger partial charge in [0.05, 0.1) is 12.2 Å². The molecule has 1 N–H and O–H groups in total. The molecule has 1 rings (SSSR count). The molecule has 4 heteroatoms. The Morgan fingerprint density at radius 2 is 1.70 bits per heavy atom. The number of aliphatic hydroxyl groups is 1. The third kappa shape index (κ3) is 6.55. The summed E-state index contributed by atoms with van der Waals surface area (Å²) in [7, 11) is -1.62. The molecule has 1 aromatic heterocycles. The van der Waals surface area contributed by atoms with Crippen LogP contribution < -0.4 is 0 Å². The van der Waals surface area contributed by atoms with Crippen LogP contribution in [0, 0.1) is 0 Å². The Labute approximate surface area is 168 Å². The Hall–Kier alpha value is -0.973. The van der Waals surface area contributed by atoms with E-state index in [1.54, 1.807) is 6.20 Å². The number of pyridine rings is 1. The third-order valence-electron chi connectivity index (χ3n) is 6.37. The fourth-order valence-electron chi connectivity index (χ4n) is 3.95. The first-order chi connectivity index (χ1) is 13.0. The van der Waals surface area contributed by atoms with E-state index in [-0.39, 0.29) is 12.2 Å². The number of aliphatic hydroxyl groups excluding tert-OH is 1. The maximum atomic E-state index is 9.37. The Balaban J connectivity index is 2.95. The van der Waals surface area contributed by atoms with Gasteiger partial charge < -0.3 is 9.53 Å². The Morgan fingerprint density at radius 3 is 2.19 bits per heavy atom. The van der Waals surface area contributed by atoms with Crippen LogP contribution in [0.5, 0.6) is 0 Å². The second-order valence-electron chi connectivity index (χ2n) is 7.60. The summed E-state index contributed by atoms with van der Waals surface area (Å²) in [6, 6.07) is 5.67. The molecule has 1 heterocycles. The van der Waals surface area contributed by atoms with Crippen molar-refractivity contribution in [3.63, 3.8) is 0 Å². The highest BCUT2D eigenvalue weighted by Crippen LogP contribution is 2.35. The summed E-state index contributed by atoms with van der Waals surface area (Å²) in [6.45, 7) is 13.7. The van der Waals surface area contributed by atoms with Crippen LogP contribution in [0.1, 0.15) is 84.8 Å². The topological polar surface area (TPSA) is 42.4 Å². The second kappa shape index (κ2) is 11.8. The minimum Gasteiger partial charge on any atom is -0.411 e. The van der Waals surface area contributed by atoms with Crippen molar-refractivity contribution in [3.05, 3.63) is 35.7 Å². The average Bonchev–Trinajstić information content (AvgIpc) is 2.74. The van der Waals surface area contributed by atoms with Crippen LogP contribution in [0.4, 0.5) is 0 Å². The first-order valence-corrected chi connectivity index (χ1v) is 13.4. The van der Waals surface area contributed by atoms with Crippen molar-refractivity contribution < 1.29 is 9.53 Å². The highest BCUT2D eigenvalue weighted by atomic mass is 28.4. The van der Waals surface area contributed by atoms with Crippen LogP contribution in [-0.4, -0.2) is 24.0 Å². The van der Waals surface area contributed by atoms with Gasteiger partial charge in [-0.1, -0.05) is 47.6 Å². The molecule has 0 saturated heterocycles. The van der Waals surface area contributed by atoms with Crippen molar-refractivity contribution in [1.29, 1.82) is 0 Å². The molecule has 154 valence electrons. The zero-order valence-electron chi connectivity index (χ0n) is 18.5. The summed E-state index contributed by atoms with van der Waals surface area (Å²) in [4.78, 5) is 4.28. The lowest BCUT2D eigenvalue weighted by atomic mass is 9.91. The maximum Gasteiger partial charge on any atom is 0.192 e. The summed E-state index contributed by atoms with van der Waals surface area (Å²) in [5.74, 6) is 0. The molecule has 0 spiro atoms. The number of rotatable bonds is 13. The molecule has 27 heavy (non-hydrogen) atoms. The molecule has 0 aliphatic rings. The number of hydrogen-bond donors (Lipinski definition) is 1. The van der Waals surface area contributed by atoms with Crippen molar-refractivity contribution in [1.82, 2.24) is 4.98 Å². The van der Waals surface area contributed by atoms with Gasteiger partial charge in [-0.25, -0.2) is 0 Å². The molecular formula is C23H41NO2Si. The zero-order valence-corrected chi connectivity index (χ0v) is 19.5. The molecule has 0 unspecified atom stereocenters. The molecule has 0 aliphatic carbocycles. The van der Waals surface area contributed by atoms with Gasteiger partial charge in [0.2, 0.25) is 0 Å². The lowest BCUT2D eigenvalue weighted by Gasteiger charge is -2.42. The van der Waals surface area contributed by atoms with E-state index in [1.807, 2.05) is 6.20 Å². The van der Waals surface area contributed by atoms with E-state index in [2.05, 4.69) is 58.7 Å². The van der Waals surface area contributed by atoms with Crippen molar-refractivity contribution in [3.8, 4) is 0 Å². The molecule has 0 fully saturated rings. The molecule has 0 atom stereocenters. The molecule has 3 nitrogen and oxygen atoms in total. The van der Waals surface area contributed by atoms with Crippen LogP contribution >= 0.6 is 0 Å². The van der Waals surface area contributed by atoms with Crippen molar-refractivity contribution in [2.24, 2.45) is 0 Å². The maximum absolute atomic E-state index is 9.37. The summed E-state index contributed by atoms with van der Waals surface area (Å²) >= 11 is 0. The fourth-order valence-corrected chi connectivity index (χ4v) is 7.19. The van der Waals surface area contributed by atoms with Gasteiger partial charge >= 0.3 is 0 Å². The summed E-state index contributed by atoms with van der Waals surface area (Å²) < 4.78 is 6.99. The largest absolute Gasteiger partial charge is 0.411 e. The van der Waals surface area contributed by atoms with E-state index in [0.29, 0.717) is 0 Å². The molecule has 1 aromatic rings. The molecule has 0 bridgehead atoms. The number of allylic oxidation sites excluding steroid dienone is 2. The first kappa shape index (κ1) is 24.1. The van der Waals surface area contributed by atoms with Crippen LogP contribution in [0.3, 0.4) is 0 Å². The van der Waals surface area contributed by atoms with Crippen LogP contribution in [0.15, 0.2) is 24.5 Å². The molecule has 0 radical (unpaired) electrons. The van der Waals surface area contributed by atoms with E-state index < -0.39 is 8.32 Å². The van der Waals surface area contributed by atoms with E-state index in [4.69, 9.17) is 4.43 Å². The summed E-state index contributed by atoms with van der Waals surface area (Å²) in [5, 5.41) is 9.37. The predicted molar refractivity (Wildman–Crippen MR) is 119 cm³/mol. The van der Waals surface area contributed by atoms with Crippen LogP contribution in [-0.2, 0) is 11.0 Å². The van der Waals surface area contributed by atoms with E-state index in [0.717, 1.165) is 43.2 Å². The van der Waals surface area contributed by atoms with Gasteiger partial charge in [0.25, 0.3) is 0 Å². The van der Waals surface area contributed by atoms with Crippen LogP contribution in [0.2, 0.25) is 18.1 Å². The van der Waals surface area contributed by atoms with Crippen molar-refractivity contribution in [2.75, 3.05) is 0 Å². The van der Waals surface area contributed by atoms with Gasteiger partial charge in [-0.15, -0.1) is 0 Å². The first-order valence-electron chi connectivity index (χ1n) is 10.9. The molecule has 0 aromatic carbocycles. The van der Waals surface area contributed by atoms with Gasteiger partial charge in [0.15, 0.2) is 8.32 Å². The van der Waals surface area contributed by atoms with Gasteiger partial charge in [-0.3, -0.25) is 4.98 Å². The molecular weight excluding hydrogens is 350 g/mol. The molecule has 0 saturated carbocycles. The Kier molecular flexibility index (Phi) is 10.5. The fraction of sp³-hybridized carbons (Fsp3) is 0.696. The smallest absolute Gasteiger partial charge is 0.192 e.